The van der Waals surface area contributed by atoms with E-state index in [1.54, 1.807) is 0 Å². The summed E-state index contributed by atoms with van der Waals surface area (Å²) >= 11 is 5.37. The van der Waals surface area contributed by atoms with Gasteiger partial charge in [-0.3, -0.25) is 0 Å². The Morgan fingerprint density at radius 1 is 1.32 bits per heavy atom. The van der Waals surface area contributed by atoms with Gasteiger partial charge in [-0.05, 0) is 24.6 Å². The highest BCUT2D eigenvalue weighted by Gasteiger charge is 2.34. The fourth-order valence-electron chi connectivity index (χ4n) is 1.42. The third kappa shape index (κ3) is 3.85. The third-order valence-corrected chi connectivity index (χ3v) is 4.39. The lowest BCUT2D eigenvalue weighted by Crippen LogP contribution is -2.11. The van der Waals surface area contributed by atoms with Crippen LogP contribution in [0, 0.1) is 11.3 Å². The molecule has 0 heterocycles. The number of halogens is 4. The van der Waals surface area contributed by atoms with Crippen LogP contribution in [0.25, 0.3) is 0 Å². The lowest BCUT2D eigenvalue weighted by Gasteiger charge is -2.10. The van der Waals surface area contributed by atoms with E-state index in [-0.39, 0.29) is 22.9 Å². The predicted octanol–water partition coefficient (Wildman–Crippen LogP) is 2.98. The molecule has 0 saturated carbocycles. The number of rotatable bonds is 4. The Kier molecular flexibility index (Phi) is 4.82. The second-order valence-electron chi connectivity index (χ2n) is 3.68. The summed E-state index contributed by atoms with van der Waals surface area (Å²) in [7, 11) is -3.72. The summed E-state index contributed by atoms with van der Waals surface area (Å²) in [5, 5.41) is 8.68. The first-order chi connectivity index (χ1) is 8.72. The van der Waals surface area contributed by atoms with E-state index in [1.165, 1.54) is 6.07 Å². The van der Waals surface area contributed by atoms with Gasteiger partial charge in [-0.2, -0.15) is 18.4 Å². The van der Waals surface area contributed by atoms with Gasteiger partial charge < -0.3 is 0 Å². The van der Waals surface area contributed by atoms with Crippen LogP contribution >= 0.6 is 11.6 Å². The minimum absolute atomic E-state index is 0.130. The predicted molar refractivity (Wildman–Crippen MR) is 63.5 cm³/mol. The summed E-state index contributed by atoms with van der Waals surface area (Å²) in [6.07, 6.45) is -4.50. The molecule has 0 N–H and O–H groups in total. The molecule has 0 fully saturated rings. The average molecular weight is 312 g/mol. The fourth-order valence-corrected chi connectivity index (χ4v) is 3.04. The molecule has 0 aliphatic heterocycles. The lowest BCUT2D eigenvalue weighted by molar-refractivity contribution is -0.137. The van der Waals surface area contributed by atoms with E-state index in [0.29, 0.717) is 6.07 Å². The Morgan fingerprint density at radius 2 is 1.95 bits per heavy atom. The Balaban J connectivity index is 3.26. The maximum atomic E-state index is 12.5. The topological polar surface area (TPSA) is 57.9 Å². The highest BCUT2D eigenvalue weighted by atomic mass is 35.5. The van der Waals surface area contributed by atoms with Crippen LogP contribution in [0.1, 0.15) is 17.5 Å². The van der Waals surface area contributed by atoms with E-state index in [1.807, 2.05) is 0 Å². The second kappa shape index (κ2) is 5.80. The van der Waals surface area contributed by atoms with E-state index in [4.69, 9.17) is 16.9 Å². The minimum Gasteiger partial charge on any atom is -0.224 e. The Morgan fingerprint density at radius 3 is 2.42 bits per heavy atom. The van der Waals surface area contributed by atoms with E-state index in [0.717, 1.165) is 12.1 Å². The van der Waals surface area contributed by atoms with Gasteiger partial charge in [0.25, 0.3) is 0 Å². The Hall–Kier alpha value is -1.26. The summed E-state index contributed by atoms with van der Waals surface area (Å²) in [5.74, 6) is -0.141. The standard InChI is InChI=1S/C11H9ClF3NO2S/c12-4-1-5-19(17,18)9-2-3-10(11(13,14)15)8(6-9)7-16/h2-3,6H,1,4-5H2. The zero-order valence-electron chi connectivity index (χ0n) is 9.54. The number of benzene rings is 1. The molecule has 0 unspecified atom stereocenters. The summed E-state index contributed by atoms with van der Waals surface area (Å²) in [6.45, 7) is 0. The summed E-state index contributed by atoms with van der Waals surface area (Å²) in [4.78, 5) is -0.304. The van der Waals surface area contributed by atoms with Gasteiger partial charge in [-0.1, -0.05) is 0 Å². The van der Waals surface area contributed by atoms with Crippen LogP contribution < -0.4 is 0 Å². The molecule has 1 aromatic carbocycles. The molecule has 0 radical (unpaired) electrons. The molecule has 0 amide bonds. The molecule has 0 aliphatic carbocycles. The van der Waals surface area contributed by atoms with Gasteiger partial charge >= 0.3 is 6.18 Å². The summed E-state index contributed by atoms with van der Waals surface area (Å²) in [5.41, 5.74) is -1.86. The van der Waals surface area contributed by atoms with Crippen molar-refractivity contribution in [3.8, 4) is 6.07 Å². The van der Waals surface area contributed by atoms with Gasteiger partial charge in [0, 0.05) is 5.88 Å². The Labute approximate surface area is 113 Å². The molecular formula is C11H9ClF3NO2S. The molecule has 3 nitrogen and oxygen atoms in total. The average Bonchev–Trinajstić information content (AvgIpc) is 2.34. The van der Waals surface area contributed by atoms with Gasteiger partial charge in [-0.15, -0.1) is 11.6 Å². The van der Waals surface area contributed by atoms with Crippen LogP contribution in [-0.4, -0.2) is 20.1 Å². The summed E-state index contributed by atoms with van der Waals surface area (Å²) in [6, 6.07) is 3.56. The van der Waals surface area contributed by atoms with E-state index >= 15 is 0 Å². The SMILES string of the molecule is N#Cc1cc(S(=O)(=O)CCCCl)ccc1C(F)(F)F. The quantitative estimate of drug-likeness (QED) is 0.803. The highest BCUT2D eigenvalue weighted by Crippen LogP contribution is 2.33. The maximum Gasteiger partial charge on any atom is 0.417 e. The first-order valence-electron chi connectivity index (χ1n) is 5.12. The van der Waals surface area contributed by atoms with Crippen LogP contribution in [0.4, 0.5) is 13.2 Å². The van der Waals surface area contributed by atoms with Gasteiger partial charge in [0.15, 0.2) is 9.84 Å². The van der Waals surface area contributed by atoms with Crippen molar-refractivity contribution >= 4 is 21.4 Å². The molecule has 0 spiro atoms. The molecule has 8 heteroatoms. The van der Waals surface area contributed by atoms with Crippen molar-refractivity contribution in [2.45, 2.75) is 17.5 Å². The van der Waals surface area contributed by atoms with Crippen LogP contribution in [0.5, 0.6) is 0 Å². The molecular weight excluding hydrogens is 303 g/mol. The monoisotopic (exact) mass is 311 g/mol. The molecule has 0 aliphatic rings. The molecule has 0 aromatic heterocycles. The van der Waals surface area contributed by atoms with Crippen LogP contribution in [0.3, 0.4) is 0 Å². The van der Waals surface area contributed by atoms with Crippen LogP contribution in [-0.2, 0) is 16.0 Å². The lowest BCUT2D eigenvalue weighted by atomic mass is 10.1. The van der Waals surface area contributed by atoms with Crippen molar-refractivity contribution in [2.24, 2.45) is 0 Å². The van der Waals surface area contributed by atoms with Crippen LogP contribution in [0.2, 0.25) is 0 Å². The van der Waals surface area contributed by atoms with E-state index in [9.17, 15) is 21.6 Å². The van der Waals surface area contributed by atoms with Crippen molar-refractivity contribution in [3.05, 3.63) is 29.3 Å². The number of hydrogen-bond acceptors (Lipinski definition) is 3. The molecule has 0 saturated heterocycles. The molecule has 1 rings (SSSR count). The number of nitriles is 1. The third-order valence-electron chi connectivity index (χ3n) is 2.32. The molecule has 19 heavy (non-hydrogen) atoms. The van der Waals surface area contributed by atoms with Crippen molar-refractivity contribution in [1.29, 1.82) is 5.26 Å². The summed E-state index contributed by atoms with van der Waals surface area (Å²) < 4.78 is 61.2. The van der Waals surface area contributed by atoms with Crippen molar-refractivity contribution in [1.82, 2.24) is 0 Å². The smallest absolute Gasteiger partial charge is 0.224 e. The number of nitrogens with zero attached hydrogens (tertiary/aromatic N) is 1. The van der Waals surface area contributed by atoms with Gasteiger partial charge in [0.05, 0.1) is 27.8 Å². The van der Waals surface area contributed by atoms with Gasteiger partial charge in [-0.25, -0.2) is 8.42 Å². The van der Waals surface area contributed by atoms with Gasteiger partial charge in [0.1, 0.15) is 0 Å². The number of sulfone groups is 1. The minimum atomic E-state index is -4.69. The molecule has 0 bridgehead atoms. The first-order valence-corrected chi connectivity index (χ1v) is 7.31. The molecule has 104 valence electrons. The first kappa shape index (κ1) is 15.8. The van der Waals surface area contributed by atoms with Crippen molar-refractivity contribution in [2.75, 3.05) is 11.6 Å². The van der Waals surface area contributed by atoms with Crippen LogP contribution in [0.15, 0.2) is 23.1 Å². The molecule has 1 aromatic rings. The van der Waals surface area contributed by atoms with Gasteiger partial charge in [0.2, 0.25) is 0 Å². The maximum absolute atomic E-state index is 12.5. The zero-order valence-corrected chi connectivity index (χ0v) is 11.1. The zero-order chi connectivity index (χ0) is 14.7. The fraction of sp³-hybridized carbons (Fsp3) is 0.364. The highest BCUT2D eigenvalue weighted by molar-refractivity contribution is 7.91. The largest absolute Gasteiger partial charge is 0.417 e. The van der Waals surface area contributed by atoms with E-state index in [2.05, 4.69) is 0 Å². The second-order valence-corrected chi connectivity index (χ2v) is 6.17. The number of hydrogen-bond donors (Lipinski definition) is 0. The number of alkyl halides is 4. The normalized spacial score (nSPS) is 12.2. The van der Waals surface area contributed by atoms with E-state index < -0.39 is 27.1 Å². The Bertz CT molecular complexity index is 605. The van der Waals surface area contributed by atoms with Crippen molar-refractivity contribution in [3.63, 3.8) is 0 Å². The molecule has 0 atom stereocenters. The van der Waals surface area contributed by atoms with Crippen molar-refractivity contribution < 1.29 is 21.6 Å².